The average molecular weight is 273 g/mol. The lowest BCUT2D eigenvalue weighted by Crippen LogP contribution is -2.11. The number of hydrogen-bond acceptors (Lipinski definition) is 1. The average Bonchev–Trinajstić information content (AvgIpc) is 2.08. The van der Waals surface area contributed by atoms with E-state index in [0.29, 0.717) is 0 Å². The fourth-order valence-corrected chi connectivity index (χ4v) is 3.33. The minimum absolute atomic E-state index is 1.03. The molecule has 0 saturated heterocycles. The predicted molar refractivity (Wildman–Crippen MR) is 74.3 cm³/mol. The smallest absolute Gasteiger partial charge is 0.179 e. The van der Waals surface area contributed by atoms with E-state index >= 15 is 0 Å². The summed E-state index contributed by atoms with van der Waals surface area (Å²) in [6, 6.07) is 1.05. The van der Waals surface area contributed by atoms with E-state index in [-0.39, 0.29) is 0 Å². The van der Waals surface area contributed by atoms with E-state index in [0.717, 1.165) is 11.8 Å². The molecule has 0 aromatic heterocycles. The van der Waals surface area contributed by atoms with Gasteiger partial charge in [0.05, 0.1) is 0 Å². The third kappa shape index (κ3) is 13.1. The van der Waals surface area contributed by atoms with E-state index < -0.39 is 6.69 Å². The summed E-state index contributed by atoms with van der Waals surface area (Å²) in [5.74, 6) is 1.03. The fourth-order valence-electron chi connectivity index (χ4n) is 1.43. The maximum atomic E-state index is 6.01. The van der Waals surface area contributed by atoms with Crippen molar-refractivity contribution in [3.8, 4) is 0 Å². The van der Waals surface area contributed by atoms with E-state index in [2.05, 4.69) is 12.6 Å². The van der Waals surface area contributed by atoms with Crippen LogP contribution in [0.2, 0.25) is 12.6 Å². The Balaban J connectivity index is 2.99. The van der Waals surface area contributed by atoms with Crippen molar-refractivity contribution in [1.82, 2.24) is 0 Å². The van der Waals surface area contributed by atoms with Crippen molar-refractivity contribution < 1.29 is 0 Å². The largest absolute Gasteiger partial charge is 0.248 e. The van der Waals surface area contributed by atoms with Gasteiger partial charge in [-0.3, -0.25) is 0 Å². The molecule has 0 heterocycles. The summed E-state index contributed by atoms with van der Waals surface area (Å²) in [5.41, 5.74) is 0. The molecule has 0 N–H and O–H groups in total. The summed E-state index contributed by atoms with van der Waals surface area (Å²) < 4.78 is 0. The minimum atomic E-state index is -1.80. The Morgan fingerprint density at radius 3 is 1.71 bits per heavy atom. The lowest BCUT2D eigenvalue weighted by atomic mass is 10.1. The van der Waals surface area contributed by atoms with Gasteiger partial charge >= 0.3 is 0 Å². The standard InChI is InChI=1S/C10H22Cl2SSi/c1-14(11,12)10-8-6-4-2-3-5-7-9-13/h13H,2-10H2,1H3. The Bertz CT molecular complexity index is 126. The van der Waals surface area contributed by atoms with Gasteiger partial charge in [0, 0.05) is 0 Å². The summed E-state index contributed by atoms with van der Waals surface area (Å²) in [4.78, 5) is 0. The predicted octanol–water partition coefficient (Wildman–Crippen LogP) is 5.20. The third-order valence-corrected chi connectivity index (χ3v) is 4.96. The molecule has 4 heteroatoms. The summed E-state index contributed by atoms with van der Waals surface area (Å²) in [7, 11) is 0. The molecule has 0 fully saturated rings. The quantitative estimate of drug-likeness (QED) is 0.254. The van der Waals surface area contributed by atoms with Crippen LogP contribution in [0.1, 0.15) is 44.9 Å². The number of thiol groups is 1. The molecule has 0 aromatic rings. The fraction of sp³-hybridized carbons (Fsp3) is 1.00. The Labute approximate surface area is 105 Å². The Kier molecular flexibility index (Phi) is 10.1. The molecule has 14 heavy (non-hydrogen) atoms. The highest BCUT2D eigenvalue weighted by Gasteiger charge is 2.19. The normalized spacial score (nSPS) is 12.0. The van der Waals surface area contributed by atoms with Crippen LogP contribution in [0, 0.1) is 0 Å². The molecule has 0 unspecified atom stereocenters. The maximum Gasteiger partial charge on any atom is 0.248 e. The molecule has 0 bridgehead atoms. The van der Waals surface area contributed by atoms with Crippen molar-refractivity contribution in [2.24, 2.45) is 0 Å². The highest BCUT2D eigenvalue weighted by molar-refractivity contribution is 7.80. The highest BCUT2D eigenvalue weighted by Crippen LogP contribution is 2.23. The lowest BCUT2D eigenvalue weighted by molar-refractivity contribution is 0.603. The Morgan fingerprint density at radius 2 is 1.29 bits per heavy atom. The maximum absolute atomic E-state index is 6.01. The van der Waals surface area contributed by atoms with Gasteiger partial charge < -0.3 is 0 Å². The summed E-state index contributed by atoms with van der Waals surface area (Å²) in [5, 5.41) is 0. The van der Waals surface area contributed by atoms with Crippen LogP contribution < -0.4 is 0 Å². The number of unbranched alkanes of at least 4 members (excludes halogenated alkanes) is 6. The number of halogens is 2. The molecule has 0 radical (unpaired) electrons. The first-order valence-electron chi connectivity index (χ1n) is 5.55. The molecule has 0 amide bonds. The monoisotopic (exact) mass is 272 g/mol. The summed E-state index contributed by atoms with van der Waals surface area (Å²) in [6.07, 6.45) is 9.15. The van der Waals surface area contributed by atoms with Gasteiger partial charge in [0.15, 0.2) is 0 Å². The zero-order valence-corrected chi connectivity index (χ0v) is 12.5. The first kappa shape index (κ1) is 15.1. The zero-order chi connectivity index (χ0) is 10.9. The van der Waals surface area contributed by atoms with Crippen LogP contribution in [-0.4, -0.2) is 12.4 Å². The van der Waals surface area contributed by atoms with Gasteiger partial charge in [0.2, 0.25) is 6.69 Å². The van der Waals surface area contributed by atoms with E-state index in [1.165, 1.54) is 44.9 Å². The molecule has 0 aromatic carbocycles. The molecule has 0 saturated carbocycles. The molecule has 0 aliphatic heterocycles. The third-order valence-electron chi connectivity index (χ3n) is 2.27. The topological polar surface area (TPSA) is 0 Å². The van der Waals surface area contributed by atoms with E-state index in [1.807, 2.05) is 6.55 Å². The second kappa shape index (κ2) is 9.38. The minimum Gasteiger partial charge on any atom is -0.179 e. The van der Waals surface area contributed by atoms with Crippen LogP contribution in [0.3, 0.4) is 0 Å². The van der Waals surface area contributed by atoms with Crippen LogP contribution in [0.25, 0.3) is 0 Å². The number of hydrogen-bond donors (Lipinski definition) is 1. The van der Waals surface area contributed by atoms with Crippen LogP contribution in [0.4, 0.5) is 0 Å². The van der Waals surface area contributed by atoms with Crippen LogP contribution in [0.15, 0.2) is 0 Å². The first-order valence-corrected chi connectivity index (χ1v) is 10.9. The van der Waals surface area contributed by atoms with Gasteiger partial charge in [-0.05, 0) is 24.8 Å². The van der Waals surface area contributed by atoms with Crippen LogP contribution >= 0.6 is 34.8 Å². The van der Waals surface area contributed by atoms with Gasteiger partial charge in [0.25, 0.3) is 0 Å². The van der Waals surface area contributed by atoms with Crippen molar-refractivity contribution >= 4 is 41.5 Å². The van der Waals surface area contributed by atoms with Gasteiger partial charge in [0.1, 0.15) is 0 Å². The van der Waals surface area contributed by atoms with Crippen molar-refractivity contribution in [2.75, 3.05) is 5.75 Å². The van der Waals surface area contributed by atoms with Crippen molar-refractivity contribution in [3.63, 3.8) is 0 Å². The second-order valence-corrected chi connectivity index (χ2v) is 12.7. The van der Waals surface area contributed by atoms with Gasteiger partial charge in [-0.1, -0.05) is 38.5 Å². The lowest BCUT2D eigenvalue weighted by Gasteiger charge is -2.08. The van der Waals surface area contributed by atoms with Crippen molar-refractivity contribution in [3.05, 3.63) is 0 Å². The van der Waals surface area contributed by atoms with Crippen molar-refractivity contribution in [2.45, 2.75) is 57.5 Å². The SMILES string of the molecule is C[Si](Cl)(Cl)CCCCCCCCCS. The highest BCUT2D eigenvalue weighted by atomic mass is 35.7. The molecule has 0 rings (SSSR count). The van der Waals surface area contributed by atoms with Crippen LogP contribution in [-0.2, 0) is 0 Å². The summed E-state index contributed by atoms with van der Waals surface area (Å²) in [6.45, 7) is 0.199. The van der Waals surface area contributed by atoms with Gasteiger partial charge in [-0.25, -0.2) is 0 Å². The molecule has 0 aliphatic rings. The molecule has 0 aliphatic carbocycles. The van der Waals surface area contributed by atoms with Gasteiger partial charge in [-0.2, -0.15) is 12.6 Å². The molecule has 86 valence electrons. The molecule has 0 atom stereocenters. The van der Waals surface area contributed by atoms with E-state index in [9.17, 15) is 0 Å². The van der Waals surface area contributed by atoms with Crippen molar-refractivity contribution in [1.29, 1.82) is 0 Å². The summed E-state index contributed by atoms with van der Waals surface area (Å²) >= 11 is 16.2. The zero-order valence-electron chi connectivity index (χ0n) is 9.07. The van der Waals surface area contributed by atoms with Gasteiger partial charge in [-0.15, -0.1) is 22.2 Å². The molecule has 0 nitrogen and oxygen atoms in total. The molecule has 0 spiro atoms. The van der Waals surface area contributed by atoms with E-state index in [1.54, 1.807) is 0 Å². The molecular formula is C10H22Cl2SSi. The van der Waals surface area contributed by atoms with E-state index in [4.69, 9.17) is 22.2 Å². The Hall–Kier alpha value is 1.15. The second-order valence-electron chi connectivity index (χ2n) is 4.02. The molecular weight excluding hydrogens is 251 g/mol. The first-order chi connectivity index (χ1) is 6.56. The number of rotatable bonds is 9. The Morgan fingerprint density at radius 1 is 0.857 bits per heavy atom. The van der Waals surface area contributed by atoms with Crippen LogP contribution in [0.5, 0.6) is 0 Å².